The molecule has 0 unspecified atom stereocenters. The van der Waals surface area contributed by atoms with E-state index in [1.54, 1.807) is 4.68 Å². The number of para-hydroxylation sites is 1. The first-order valence-corrected chi connectivity index (χ1v) is 12.1. The molecule has 0 saturated heterocycles. The highest BCUT2D eigenvalue weighted by Gasteiger charge is 2.24. The summed E-state index contributed by atoms with van der Waals surface area (Å²) in [4.78, 5) is 36.7. The summed E-state index contributed by atoms with van der Waals surface area (Å²) in [6, 6.07) is 8.22. The molecular weight excluding hydrogens is 432 g/mol. The molecule has 0 atom stereocenters. The van der Waals surface area contributed by atoms with Crippen LogP contribution in [0.25, 0.3) is 0 Å². The van der Waals surface area contributed by atoms with Crippen molar-refractivity contribution in [2.24, 2.45) is 0 Å². The van der Waals surface area contributed by atoms with E-state index in [-0.39, 0.29) is 18.4 Å². The Morgan fingerprint density at radius 1 is 1.06 bits per heavy atom. The zero-order chi connectivity index (χ0) is 24.7. The summed E-state index contributed by atoms with van der Waals surface area (Å²) in [6.07, 6.45) is 1.20. The van der Waals surface area contributed by atoms with E-state index in [1.165, 1.54) is 7.11 Å². The van der Waals surface area contributed by atoms with E-state index in [2.05, 4.69) is 28.8 Å². The average Bonchev–Trinajstić information content (AvgIpc) is 3.11. The van der Waals surface area contributed by atoms with Crippen LogP contribution in [0.5, 0.6) is 0 Å². The van der Waals surface area contributed by atoms with E-state index in [4.69, 9.17) is 4.74 Å². The zero-order valence-corrected chi connectivity index (χ0v) is 21.2. The number of hydrogen-bond acceptors (Lipinski definition) is 6. The molecule has 9 heteroatoms. The summed E-state index contributed by atoms with van der Waals surface area (Å²) in [7, 11) is 1.54. The van der Waals surface area contributed by atoms with Crippen molar-refractivity contribution in [2.45, 2.75) is 59.7 Å². The Bertz CT molecular complexity index is 973. The Balaban J connectivity index is 1.87. The van der Waals surface area contributed by atoms with Crippen LogP contribution >= 0.6 is 0 Å². The Morgan fingerprint density at radius 2 is 1.82 bits per heavy atom. The Morgan fingerprint density at radius 3 is 2.50 bits per heavy atom. The number of nitrogens with zero attached hydrogens (tertiary/aromatic N) is 6. The summed E-state index contributed by atoms with van der Waals surface area (Å²) in [5.41, 5.74) is 1.81. The lowest BCUT2D eigenvalue weighted by molar-refractivity contribution is -0.132. The van der Waals surface area contributed by atoms with Crippen LogP contribution in [0.4, 0.5) is 5.69 Å². The first kappa shape index (κ1) is 25.8. The first-order chi connectivity index (χ1) is 16.3. The largest absolute Gasteiger partial charge is 0.375 e. The number of aryl methyl sites for hydroxylation is 3. The van der Waals surface area contributed by atoms with Gasteiger partial charge in [0.05, 0.1) is 6.54 Å². The van der Waals surface area contributed by atoms with Gasteiger partial charge in [-0.2, -0.15) is 5.10 Å². The van der Waals surface area contributed by atoms with Crippen LogP contribution in [-0.2, 0) is 27.4 Å². The van der Waals surface area contributed by atoms with E-state index in [0.29, 0.717) is 44.5 Å². The maximum Gasteiger partial charge on any atom is 0.252 e. The van der Waals surface area contributed by atoms with Gasteiger partial charge >= 0.3 is 0 Å². The number of fused-ring (bicyclic) bond motifs is 1. The quantitative estimate of drug-likeness (QED) is 0.645. The molecule has 1 aromatic heterocycles. The third-order valence-electron chi connectivity index (χ3n) is 6.28. The van der Waals surface area contributed by atoms with Crippen molar-refractivity contribution in [3.05, 3.63) is 41.5 Å². The monoisotopic (exact) mass is 470 g/mol. The molecule has 9 nitrogen and oxygen atoms in total. The lowest BCUT2D eigenvalue weighted by Gasteiger charge is -2.30. The Labute approximate surface area is 202 Å². The molecular formula is C25H38N6O3. The molecule has 2 amide bonds. The van der Waals surface area contributed by atoms with Gasteiger partial charge in [0, 0.05) is 58.0 Å². The van der Waals surface area contributed by atoms with Gasteiger partial charge in [-0.1, -0.05) is 18.2 Å². The van der Waals surface area contributed by atoms with Crippen molar-refractivity contribution in [1.29, 1.82) is 0 Å². The summed E-state index contributed by atoms with van der Waals surface area (Å²) in [5, 5.41) is 4.39. The third-order valence-corrected chi connectivity index (χ3v) is 6.28. The predicted octanol–water partition coefficient (Wildman–Crippen LogP) is 2.41. The summed E-state index contributed by atoms with van der Waals surface area (Å²) < 4.78 is 6.94. The molecule has 186 valence electrons. The second-order valence-corrected chi connectivity index (χ2v) is 9.09. The highest BCUT2D eigenvalue weighted by atomic mass is 16.5. The fourth-order valence-corrected chi connectivity index (χ4v) is 4.43. The molecule has 2 heterocycles. The maximum absolute atomic E-state index is 13.4. The molecule has 0 N–H and O–H groups in total. The number of amides is 2. The molecule has 1 aromatic carbocycles. The van der Waals surface area contributed by atoms with Gasteiger partial charge < -0.3 is 14.5 Å². The maximum atomic E-state index is 13.4. The van der Waals surface area contributed by atoms with E-state index in [0.717, 1.165) is 36.6 Å². The number of benzene rings is 1. The molecule has 0 fully saturated rings. The van der Waals surface area contributed by atoms with Gasteiger partial charge in [-0.25, -0.2) is 9.67 Å². The Kier molecular flexibility index (Phi) is 9.18. The van der Waals surface area contributed by atoms with Gasteiger partial charge in [0.25, 0.3) is 5.91 Å². The van der Waals surface area contributed by atoms with Gasteiger partial charge in [0.15, 0.2) is 0 Å². The average molecular weight is 471 g/mol. The topological polar surface area (TPSA) is 83.8 Å². The lowest BCUT2D eigenvalue weighted by Crippen LogP contribution is -2.41. The smallest absolute Gasteiger partial charge is 0.252 e. The number of anilines is 1. The molecule has 2 aromatic rings. The summed E-state index contributed by atoms with van der Waals surface area (Å²) >= 11 is 0. The van der Waals surface area contributed by atoms with Gasteiger partial charge in [0.1, 0.15) is 18.3 Å². The van der Waals surface area contributed by atoms with Crippen LogP contribution in [0, 0.1) is 13.8 Å². The zero-order valence-electron chi connectivity index (χ0n) is 21.2. The normalized spacial score (nSPS) is 15.8. The van der Waals surface area contributed by atoms with Crippen molar-refractivity contribution in [2.75, 3.05) is 44.8 Å². The van der Waals surface area contributed by atoms with Gasteiger partial charge in [-0.05, 0) is 45.7 Å². The van der Waals surface area contributed by atoms with Crippen molar-refractivity contribution in [3.63, 3.8) is 0 Å². The van der Waals surface area contributed by atoms with Crippen LogP contribution in [0.1, 0.15) is 43.9 Å². The van der Waals surface area contributed by atoms with Gasteiger partial charge in [-0.3, -0.25) is 14.5 Å². The second kappa shape index (κ2) is 12.1. The minimum Gasteiger partial charge on any atom is -0.375 e. The number of aromatic nitrogens is 3. The SMILES string of the molecule is COCC(=O)N1CCCN(C(C)C)CCN(C(=O)CCn2nc(C)nc2C)Cc2ccccc21. The first-order valence-electron chi connectivity index (χ1n) is 12.1. The number of hydrogen-bond donors (Lipinski definition) is 0. The standard InChI is InChI=1S/C25H38N6O3/c1-19(2)28-12-8-13-30(25(33)18-34-5)23-10-7-6-9-22(23)17-29(16-15-28)24(32)11-14-31-21(4)26-20(3)27-31/h6-7,9-10,19H,8,11-18H2,1-5H3. The number of carbonyl (C=O) groups excluding carboxylic acids is 2. The molecule has 3 rings (SSSR count). The highest BCUT2D eigenvalue weighted by molar-refractivity contribution is 5.95. The van der Waals surface area contributed by atoms with Crippen molar-refractivity contribution in [3.8, 4) is 0 Å². The third kappa shape index (κ3) is 6.64. The minimum absolute atomic E-state index is 0.0293. The van der Waals surface area contributed by atoms with Crippen LogP contribution < -0.4 is 4.90 Å². The molecule has 0 bridgehead atoms. The highest BCUT2D eigenvalue weighted by Crippen LogP contribution is 2.24. The molecule has 0 aliphatic carbocycles. The molecule has 0 spiro atoms. The molecule has 34 heavy (non-hydrogen) atoms. The molecule has 1 aliphatic heterocycles. The van der Waals surface area contributed by atoms with E-state index in [1.807, 2.05) is 47.9 Å². The number of methoxy groups -OCH3 is 1. The van der Waals surface area contributed by atoms with E-state index in [9.17, 15) is 9.59 Å². The second-order valence-electron chi connectivity index (χ2n) is 9.09. The van der Waals surface area contributed by atoms with E-state index < -0.39 is 0 Å². The summed E-state index contributed by atoms with van der Waals surface area (Å²) in [5.74, 6) is 1.52. The number of ether oxygens (including phenoxy) is 1. The molecule has 0 saturated carbocycles. The van der Waals surface area contributed by atoms with Crippen molar-refractivity contribution in [1.82, 2.24) is 24.6 Å². The van der Waals surface area contributed by atoms with Crippen molar-refractivity contribution >= 4 is 17.5 Å². The fraction of sp³-hybridized carbons (Fsp3) is 0.600. The van der Waals surface area contributed by atoms with Crippen LogP contribution in [0.15, 0.2) is 24.3 Å². The van der Waals surface area contributed by atoms with Crippen LogP contribution in [0.2, 0.25) is 0 Å². The van der Waals surface area contributed by atoms with Gasteiger partial charge in [0.2, 0.25) is 5.91 Å². The van der Waals surface area contributed by atoms with Gasteiger partial charge in [-0.15, -0.1) is 0 Å². The molecule has 0 radical (unpaired) electrons. The number of rotatable bonds is 6. The van der Waals surface area contributed by atoms with Crippen LogP contribution in [0.3, 0.4) is 0 Å². The molecule has 1 aliphatic rings. The minimum atomic E-state index is -0.0693. The fourth-order valence-electron chi connectivity index (χ4n) is 4.43. The van der Waals surface area contributed by atoms with E-state index >= 15 is 0 Å². The summed E-state index contributed by atoms with van der Waals surface area (Å²) in [6.45, 7) is 12.0. The van der Waals surface area contributed by atoms with Crippen molar-refractivity contribution < 1.29 is 14.3 Å². The van der Waals surface area contributed by atoms with Crippen LogP contribution in [-0.4, -0.2) is 82.3 Å². The lowest BCUT2D eigenvalue weighted by atomic mass is 10.1. The predicted molar refractivity (Wildman–Crippen MR) is 132 cm³/mol. The number of carbonyl (C=O) groups is 2. The Hall–Kier alpha value is -2.78.